The molecule has 1 aliphatic rings. The zero-order valence-electron chi connectivity index (χ0n) is 12.4. The third-order valence-electron chi connectivity index (χ3n) is 4.51. The summed E-state index contributed by atoms with van der Waals surface area (Å²) in [5, 5.41) is 3.70. The van der Waals surface area contributed by atoms with Gasteiger partial charge in [-0.2, -0.15) is 0 Å². The predicted molar refractivity (Wildman–Crippen MR) is 76.5 cm³/mol. The number of piperazine rings is 1. The van der Waals surface area contributed by atoms with Crippen molar-refractivity contribution in [2.45, 2.75) is 77.8 Å². The lowest BCUT2D eigenvalue weighted by atomic mass is 9.91. The Morgan fingerprint density at radius 1 is 1.18 bits per heavy atom. The van der Waals surface area contributed by atoms with Crippen molar-refractivity contribution in [3.63, 3.8) is 0 Å². The zero-order valence-corrected chi connectivity index (χ0v) is 12.4. The molecule has 0 bridgehead atoms. The molecular formula is C15H32N2. The van der Waals surface area contributed by atoms with Crippen molar-refractivity contribution >= 4 is 0 Å². The molecule has 0 saturated carbocycles. The van der Waals surface area contributed by atoms with Crippen molar-refractivity contribution in [3.8, 4) is 0 Å². The SMILES string of the molecule is CCCCCCN1CC(CC)NCC1(C)CC. The van der Waals surface area contributed by atoms with Gasteiger partial charge in [0.05, 0.1) is 0 Å². The van der Waals surface area contributed by atoms with E-state index >= 15 is 0 Å². The first kappa shape index (κ1) is 15.0. The Balaban J connectivity index is 2.43. The molecule has 0 aromatic rings. The van der Waals surface area contributed by atoms with Crippen LogP contribution in [0.25, 0.3) is 0 Å². The predicted octanol–water partition coefficient (Wildman–Crippen LogP) is 3.42. The van der Waals surface area contributed by atoms with Crippen LogP contribution in [-0.2, 0) is 0 Å². The first-order chi connectivity index (χ1) is 8.16. The number of unbranched alkanes of at least 4 members (excludes halogenated alkanes) is 3. The molecule has 1 fully saturated rings. The highest BCUT2D eigenvalue weighted by molar-refractivity contribution is 4.94. The monoisotopic (exact) mass is 240 g/mol. The summed E-state index contributed by atoms with van der Waals surface area (Å²) in [6, 6.07) is 0.709. The molecule has 1 heterocycles. The molecular weight excluding hydrogens is 208 g/mol. The van der Waals surface area contributed by atoms with E-state index in [1.807, 2.05) is 0 Å². The van der Waals surface area contributed by atoms with Crippen molar-refractivity contribution in [1.82, 2.24) is 10.2 Å². The average molecular weight is 240 g/mol. The molecule has 1 N–H and O–H groups in total. The third kappa shape index (κ3) is 4.26. The molecule has 0 aromatic carbocycles. The summed E-state index contributed by atoms with van der Waals surface area (Å²) in [4.78, 5) is 2.74. The van der Waals surface area contributed by atoms with Gasteiger partial charge in [-0.1, -0.05) is 40.0 Å². The number of rotatable bonds is 7. The normalized spacial score (nSPS) is 30.7. The van der Waals surface area contributed by atoms with E-state index in [9.17, 15) is 0 Å². The number of hydrogen-bond acceptors (Lipinski definition) is 2. The van der Waals surface area contributed by atoms with Crippen molar-refractivity contribution in [2.75, 3.05) is 19.6 Å². The van der Waals surface area contributed by atoms with Gasteiger partial charge in [-0.05, 0) is 32.7 Å². The molecule has 1 saturated heterocycles. The van der Waals surface area contributed by atoms with E-state index in [0.717, 1.165) is 6.54 Å². The lowest BCUT2D eigenvalue weighted by molar-refractivity contribution is 0.0465. The average Bonchev–Trinajstić information content (AvgIpc) is 2.36. The van der Waals surface area contributed by atoms with Crippen molar-refractivity contribution in [2.24, 2.45) is 0 Å². The lowest BCUT2D eigenvalue weighted by Crippen LogP contribution is -2.63. The summed E-state index contributed by atoms with van der Waals surface area (Å²) in [5.41, 5.74) is 0.387. The first-order valence-electron chi connectivity index (χ1n) is 7.64. The molecule has 102 valence electrons. The highest BCUT2D eigenvalue weighted by atomic mass is 15.3. The van der Waals surface area contributed by atoms with Crippen LogP contribution in [0.4, 0.5) is 0 Å². The summed E-state index contributed by atoms with van der Waals surface area (Å²) in [7, 11) is 0. The molecule has 2 heteroatoms. The van der Waals surface area contributed by atoms with E-state index in [-0.39, 0.29) is 0 Å². The number of nitrogens with one attached hydrogen (secondary N) is 1. The molecule has 0 amide bonds. The second-order valence-electron chi connectivity index (χ2n) is 5.84. The highest BCUT2D eigenvalue weighted by Crippen LogP contribution is 2.24. The van der Waals surface area contributed by atoms with E-state index in [0.29, 0.717) is 11.6 Å². The second kappa shape index (κ2) is 7.38. The van der Waals surface area contributed by atoms with Crippen LogP contribution in [-0.4, -0.2) is 36.1 Å². The maximum absolute atomic E-state index is 3.70. The molecule has 1 aliphatic heterocycles. The third-order valence-corrected chi connectivity index (χ3v) is 4.51. The maximum atomic E-state index is 3.70. The Labute approximate surface area is 108 Å². The van der Waals surface area contributed by atoms with Gasteiger partial charge in [-0.15, -0.1) is 0 Å². The second-order valence-corrected chi connectivity index (χ2v) is 5.84. The highest BCUT2D eigenvalue weighted by Gasteiger charge is 2.35. The minimum atomic E-state index is 0.387. The quantitative estimate of drug-likeness (QED) is 0.686. The number of hydrogen-bond donors (Lipinski definition) is 1. The van der Waals surface area contributed by atoms with Crippen LogP contribution in [0.15, 0.2) is 0 Å². The molecule has 17 heavy (non-hydrogen) atoms. The Morgan fingerprint density at radius 3 is 2.53 bits per heavy atom. The molecule has 0 aliphatic carbocycles. The Hall–Kier alpha value is -0.0800. The van der Waals surface area contributed by atoms with Gasteiger partial charge in [0.25, 0.3) is 0 Å². The maximum Gasteiger partial charge on any atom is 0.0303 e. The van der Waals surface area contributed by atoms with Gasteiger partial charge in [-0.25, -0.2) is 0 Å². The van der Waals surface area contributed by atoms with Gasteiger partial charge < -0.3 is 5.32 Å². The van der Waals surface area contributed by atoms with E-state index in [2.05, 4.69) is 37.9 Å². The minimum absolute atomic E-state index is 0.387. The van der Waals surface area contributed by atoms with Crippen LogP contribution < -0.4 is 5.32 Å². The molecule has 0 spiro atoms. The van der Waals surface area contributed by atoms with E-state index in [4.69, 9.17) is 0 Å². The van der Waals surface area contributed by atoms with Gasteiger partial charge in [-0.3, -0.25) is 4.90 Å². The standard InChI is InChI=1S/C15H32N2/c1-5-8-9-10-11-17-12-14(6-2)16-13-15(17,4)7-3/h14,16H,5-13H2,1-4H3. The Bertz CT molecular complexity index is 205. The van der Waals surface area contributed by atoms with Gasteiger partial charge >= 0.3 is 0 Å². The minimum Gasteiger partial charge on any atom is -0.311 e. The first-order valence-corrected chi connectivity index (χ1v) is 7.64. The lowest BCUT2D eigenvalue weighted by Gasteiger charge is -2.48. The van der Waals surface area contributed by atoms with Crippen molar-refractivity contribution in [3.05, 3.63) is 0 Å². The van der Waals surface area contributed by atoms with Crippen LogP contribution >= 0.6 is 0 Å². The van der Waals surface area contributed by atoms with Crippen molar-refractivity contribution in [1.29, 1.82) is 0 Å². The molecule has 2 nitrogen and oxygen atoms in total. The Kier molecular flexibility index (Phi) is 6.50. The van der Waals surface area contributed by atoms with Crippen LogP contribution in [0.3, 0.4) is 0 Å². The van der Waals surface area contributed by atoms with E-state index in [1.165, 1.54) is 51.6 Å². The van der Waals surface area contributed by atoms with E-state index < -0.39 is 0 Å². The molecule has 0 aromatic heterocycles. The fourth-order valence-corrected chi connectivity index (χ4v) is 2.74. The van der Waals surface area contributed by atoms with Gasteiger partial charge in [0, 0.05) is 24.7 Å². The summed E-state index contributed by atoms with van der Waals surface area (Å²) < 4.78 is 0. The topological polar surface area (TPSA) is 15.3 Å². The van der Waals surface area contributed by atoms with E-state index in [1.54, 1.807) is 0 Å². The zero-order chi connectivity index (χ0) is 12.7. The fourth-order valence-electron chi connectivity index (χ4n) is 2.74. The fraction of sp³-hybridized carbons (Fsp3) is 1.00. The largest absolute Gasteiger partial charge is 0.311 e. The van der Waals surface area contributed by atoms with Crippen LogP contribution in [0.2, 0.25) is 0 Å². The molecule has 2 atom stereocenters. The summed E-state index contributed by atoms with van der Waals surface area (Å²) >= 11 is 0. The number of nitrogens with zero attached hydrogens (tertiary/aromatic N) is 1. The molecule has 1 rings (SSSR count). The summed E-state index contributed by atoms with van der Waals surface area (Å²) in [6.07, 6.45) is 8.02. The smallest absolute Gasteiger partial charge is 0.0303 e. The molecule has 2 unspecified atom stereocenters. The van der Waals surface area contributed by atoms with Crippen LogP contribution in [0.1, 0.15) is 66.2 Å². The summed E-state index contributed by atoms with van der Waals surface area (Å²) in [5.74, 6) is 0. The Morgan fingerprint density at radius 2 is 1.94 bits per heavy atom. The van der Waals surface area contributed by atoms with Gasteiger partial charge in [0.2, 0.25) is 0 Å². The van der Waals surface area contributed by atoms with Crippen molar-refractivity contribution < 1.29 is 0 Å². The molecule has 0 radical (unpaired) electrons. The van der Waals surface area contributed by atoms with Gasteiger partial charge in [0.1, 0.15) is 0 Å². The van der Waals surface area contributed by atoms with Crippen LogP contribution in [0.5, 0.6) is 0 Å². The van der Waals surface area contributed by atoms with Gasteiger partial charge in [0.15, 0.2) is 0 Å². The van der Waals surface area contributed by atoms with Crippen LogP contribution in [0, 0.1) is 0 Å². The summed E-state index contributed by atoms with van der Waals surface area (Å²) in [6.45, 7) is 13.0.